The standard InChI is InChI=1S/C19H29N7O2S/c1-3-17-23-22-15-26(17)8-7-20-18(21-14-16-6-5-13-29-16)24-9-11-25(12-10-24)19(27)28-4-2/h5-6,13,15H,3-4,7-12,14H2,1-2H3,(H,20,21). The Bertz CT molecular complexity index is 782. The minimum atomic E-state index is -0.239. The maximum Gasteiger partial charge on any atom is 0.409 e. The molecule has 3 heterocycles. The van der Waals surface area contributed by atoms with Crippen LogP contribution in [-0.4, -0.2) is 75.9 Å². The number of ether oxygens (including phenoxy) is 1. The van der Waals surface area contributed by atoms with E-state index in [4.69, 9.17) is 9.73 Å². The normalized spacial score (nSPS) is 14.9. The van der Waals surface area contributed by atoms with Gasteiger partial charge in [0.25, 0.3) is 0 Å². The highest BCUT2D eigenvalue weighted by atomic mass is 32.1. The van der Waals surface area contributed by atoms with E-state index in [0.29, 0.717) is 26.2 Å². The molecule has 1 amide bonds. The lowest BCUT2D eigenvalue weighted by atomic mass is 10.3. The van der Waals surface area contributed by atoms with E-state index in [1.807, 2.05) is 13.0 Å². The van der Waals surface area contributed by atoms with Crippen molar-refractivity contribution in [3.05, 3.63) is 34.5 Å². The SMILES string of the molecule is CCOC(=O)N1CCN(C(=NCc2cccs2)NCCn2cnnc2CC)CC1. The number of rotatable bonds is 7. The fraction of sp³-hybridized carbons (Fsp3) is 0.579. The van der Waals surface area contributed by atoms with Crippen LogP contribution in [0.15, 0.2) is 28.8 Å². The number of amides is 1. The average molecular weight is 420 g/mol. The molecule has 0 aliphatic carbocycles. The Labute approximate surface area is 175 Å². The van der Waals surface area contributed by atoms with Gasteiger partial charge in [-0.2, -0.15) is 0 Å². The number of aromatic nitrogens is 3. The number of aryl methyl sites for hydroxylation is 1. The lowest BCUT2D eigenvalue weighted by molar-refractivity contribution is 0.0914. The molecule has 0 saturated carbocycles. The molecule has 9 nitrogen and oxygen atoms in total. The van der Waals surface area contributed by atoms with E-state index < -0.39 is 0 Å². The minimum absolute atomic E-state index is 0.239. The topological polar surface area (TPSA) is 87.9 Å². The fourth-order valence-corrected chi connectivity index (χ4v) is 3.79. The lowest BCUT2D eigenvalue weighted by Crippen LogP contribution is -2.54. The summed E-state index contributed by atoms with van der Waals surface area (Å²) in [7, 11) is 0. The van der Waals surface area contributed by atoms with Crippen molar-refractivity contribution in [1.82, 2.24) is 29.9 Å². The van der Waals surface area contributed by atoms with Gasteiger partial charge in [0, 0.05) is 50.6 Å². The van der Waals surface area contributed by atoms with Crippen LogP contribution in [0.3, 0.4) is 0 Å². The van der Waals surface area contributed by atoms with Gasteiger partial charge in [0.05, 0.1) is 13.2 Å². The predicted molar refractivity (Wildman–Crippen MR) is 113 cm³/mol. The van der Waals surface area contributed by atoms with Gasteiger partial charge in [-0.05, 0) is 18.4 Å². The van der Waals surface area contributed by atoms with E-state index in [1.54, 1.807) is 22.6 Å². The van der Waals surface area contributed by atoms with Crippen molar-refractivity contribution in [2.45, 2.75) is 33.4 Å². The Kier molecular flexibility index (Phi) is 7.85. The minimum Gasteiger partial charge on any atom is -0.450 e. The van der Waals surface area contributed by atoms with Gasteiger partial charge in [0.15, 0.2) is 5.96 Å². The molecule has 1 saturated heterocycles. The largest absolute Gasteiger partial charge is 0.450 e. The molecule has 0 unspecified atom stereocenters. The molecule has 0 bridgehead atoms. The van der Waals surface area contributed by atoms with Crippen LogP contribution in [0, 0.1) is 0 Å². The summed E-state index contributed by atoms with van der Waals surface area (Å²) in [5.74, 6) is 1.85. The van der Waals surface area contributed by atoms with Crippen molar-refractivity contribution in [3.8, 4) is 0 Å². The molecule has 0 spiro atoms. The monoisotopic (exact) mass is 419 g/mol. The Morgan fingerprint density at radius 1 is 1.28 bits per heavy atom. The van der Waals surface area contributed by atoms with Gasteiger partial charge in [0.1, 0.15) is 12.2 Å². The first-order valence-corrected chi connectivity index (χ1v) is 10.9. The summed E-state index contributed by atoms with van der Waals surface area (Å²) in [6.45, 7) is 9.15. The molecular formula is C19H29N7O2S. The maximum atomic E-state index is 11.9. The van der Waals surface area contributed by atoms with Crippen LogP contribution in [0.5, 0.6) is 0 Å². The summed E-state index contributed by atoms with van der Waals surface area (Å²) < 4.78 is 7.17. The van der Waals surface area contributed by atoms with Crippen molar-refractivity contribution < 1.29 is 9.53 Å². The highest BCUT2D eigenvalue weighted by molar-refractivity contribution is 7.09. The maximum absolute atomic E-state index is 11.9. The van der Waals surface area contributed by atoms with Crippen molar-refractivity contribution in [1.29, 1.82) is 0 Å². The van der Waals surface area contributed by atoms with E-state index in [9.17, 15) is 4.79 Å². The first kappa shape index (κ1) is 21.1. The van der Waals surface area contributed by atoms with Crippen LogP contribution < -0.4 is 5.32 Å². The number of nitrogens with one attached hydrogen (secondary N) is 1. The third-order valence-electron chi connectivity index (χ3n) is 4.72. The quantitative estimate of drug-likeness (QED) is 0.544. The summed E-state index contributed by atoms with van der Waals surface area (Å²) in [5, 5.41) is 13.7. The molecule has 0 radical (unpaired) electrons. The van der Waals surface area contributed by atoms with Crippen LogP contribution in [0.2, 0.25) is 0 Å². The van der Waals surface area contributed by atoms with Crippen molar-refractivity contribution >= 4 is 23.4 Å². The summed E-state index contributed by atoms with van der Waals surface area (Å²) in [4.78, 5) is 21.9. The lowest BCUT2D eigenvalue weighted by Gasteiger charge is -2.36. The average Bonchev–Trinajstić information content (AvgIpc) is 3.42. The zero-order valence-electron chi connectivity index (χ0n) is 17.1. The van der Waals surface area contributed by atoms with E-state index >= 15 is 0 Å². The molecule has 0 aromatic carbocycles. The molecule has 1 aliphatic rings. The molecule has 2 aromatic rings. The van der Waals surface area contributed by atoms with E-state index in [1.165, 1.54) is 4.88 Å². The van der Waals surface area contributed by atoms with Gasteiger partial charge in [-0.25, -0.2) is 9.79 Å². The molecule has 1 N–H and O–H groups in total. The summed E-state index contributed by atoms with van der Waals surface area (Å²) >= 11 is 1.70. The van der Waals surface area contributed by atoms with Crippen molar-refractivity contribution in [2.24, 2.45) is 4.99 Å². The summed E-state index contributed by atoms with van der Waals surface area (Å²) in [5.41, 5.74) is 0. The number of aliphatic imine (C=N–C) groups is 1. The highest BCUT2D eigenvalue weighted by Gasteiger charge is 2.23. The number of carbonyl (C=O) groups is 1. The molecule has 3 rings (SSSR count). The van der Waals surface area contributed by atoms with Crippen LogP contribution in [-0.2, 0) is 24.2 Å². The molecule has 0 atom stereocenters. The van der Waals surface area contributed by atoms with Crippen LogP contribution in [0.4, 0.5) is 4.79 Å². The van der Waals surface area contributed by atoms with Gasteiger partial charge >= 0.3 is 6.09 Å². The number of guanidine groups is 1. The number of carbonyl (C=O) groups excluding carboxylic acids is 1. The smallest absolute Gasteiger partial charge is 0.409 e. The second kappa shape index (κ2) is 10.8. The van der Waals surface area contributed by atoms with E-state index in [2.05, 4.69) is 43.4 Å². The molecule has 1 fully saturated rings. The third kappa shape index (κ3) is 5.93. The molecule has 29 heavy (non-hydrogen) atoms. The summed E-state index contributed by atoms with van der Waals surface area (Å²) in [6, 6.07) is 4.13. The molecule has 10 heteroatoms. The van der Waals surface area contributed by atoms with E-state index in [-0.39, 0.29) is 6.09 Å². The Hall–Kier alpha value is -2.62. The van der Waals surface area contributed by atoms with Gasteiger partial charge in [-0.15, -0.1) is 21.5 Å². The third-order valence-corrected chi connectivity index (χ3v) is 5.58. The zero-order valence-corrected chi connectivity index (χ0v) is 17.9. The molecule has 1 aliphatic heterocycles. The van der Waals surface area contributed by atoms with Gasteiger partial charge in [-0.1, -0.05) is 13.0 Å². The predicted octanol–water partition coefficient (Wildman–Crippen LogP) is 1.82. The van der Waals surface area contributed by atoms with Crippen LogP contribution in [0.25, 0.3) is 0 Å². The van der Waals surface area contributed by atoms with Crippen LogP contribution in [0.1, 0.15) is 24.5 Å². The van der Waals surface area contributed by atoms with Gasteiger partial charge in [-0.3, -0.25) is 0 Å². The fourth-order valence-electron chi connectivity index (χ4n) is 3.17. The zero-order chi connectivity index (χ0) is 20.5. The number of piperazine rings is 1. The Balaban J connectivity index is 1.59. The first-order valence-electron chi connectivity index (χ1n) is 10.0. The summed E-state index contributed by atoms with van der Waals surface area (Å²) in [6.07, 6.45) is 2.38. The number of thiophene rings is 1. The Morgan fingerprint density at radius 3 is 2.76 bits per heavy atom. The second-order valence-corrected chi connectivity index (χ2v) is 7.65. The number of hydrogen-bond acceptors (Lipinski definition) is 6. The number of hydrogen-bond donors (Lipinski definition) is 1. The molecular weight excluding hydrogens is 390 g/mol. The van der Waals surface area contributed by atoms with Crippen molar-refractivity contribution in [3.63, 3.8) is 0 Å². The first-order chi connectivity index (χ1) is 14.2. The molecule has 158 valence electrons. The molecule has 2 aromatic heterocycles. The Morgan fingerprint density at radius 2 is 2.07 bits per heavy atom. The van der Waals surface area contributed by atoms with E-state index in [0.717, 1.165) is 44.4 Å². The second-order valence-electron chi connectivity index (χ2n) is 6.61. The van der Waals surface area contributed by atoms with Gasteiger partial charge in [0.2, 0.25) is 0 Å². The van der Waals surface area contributed by atoms with Gasteiger partial charge < -0.3 is 24.4 Å². The van der Waals surface area contributed by atoms with Crippen LogP contribution >= 0.6 is 11.3 Å². The highest BCUT2D eigenvalue weighted by Crippen LogP contribution is 2.11. The van der Waals surface area contributed by atoms with Crippen molar-refractivity contribution in [2.75, 3.05) is 39.3 Å². The number of nitrogens with zero attached hydrogens (tertiary/aromatic N) is 6.